The molecule has 0 spiro atoms. The summed E-state index contributed by atoms with van der Waals surface area (Å²) in [5.41, 5.74) is -0.806. The largest absolute Gasteiger partial charge is 0.508 e. The van der Waals surface area contributed by atoms with E-state index < -0.39 is 5.60 Å². The number of phenolic OH excluding ortho intramolecular Hbond substituents is 1. The monoisotopic (exact) mass is 208 g/mol. The summed E-state index contributed by atoms with van der Waals surface area (Å²) < 4.78 is 1.00. The first kappa shape index (κ1) is 9.49. The van der Waals surface area contributed by atoms with Gasteiger partial charge >= 0.3 is 0 Å². The van der Waals surface area contributed by atoms with E-state index in [1.807, 2.05) is 12.1 Å². The molecule has 2 nitrogen and oxygen atoms in total. The first-order valence-corrected chi connectivity index (χ1v) is 5.24. The maximum Gasteiger partial charge on any atom is 0.117 e. The molecule has 0 aliphatic heterocycles. The molecular weight excluding hydrogens is 196 g/mol. The Labute approximate surface area is 86.4 Å². The highest BCUT2D eigenvalue weighted by Gasteiger charge is 2.18. The summed E-state index contributed by atoms with van der Waals surface area (Å²) in [5, 5.41) is 20.2. The minimum absolute atomic E-state index is 0.265. The molecule has 0 unspecified atom stereocenters. The van der Waals surface area contributed by atoms with Gasteiger partial charge in [0.2, 0.25) is 0 Å². The molecule has 14 heavy (non-hydrogen) atoms. The van der Waals surface area contributed by atoms with Gasteiger partial charge in [-0.2, -0.15) is 0 Å². The van der Waals surface area contributed by atoms with Crippen molar-refractivity contribution in [3.05, 3.63) is 29.1 Å². The van der Waals surface area contributed by atoms with E-state index in [1.54, 1.807) is 26.0 Å². The molecule has 0 fully saturated rings. The summed E-state index contributed by atoms with van der Waals surface area (Å²) in [5.74, 6) is 0.265. The molecule has 1 aromatic carbocycles. The normalized spacial score (nSPS) is 12.2. The fourth-order valence-electron chi connectivity index (χ4n) is 1.32. The molecular formula is C11H12O2S. The van der Waals surface area contributed by atoms with Crippen molar-refractivity contribution in [1.29, 1.82) is 0 Å². The first-order chi connectivity index (χ1) is 6.47. The molecule has 0 amide bonds. The van der Waals surface area contributed by atoms with E-state index in [0.717, 1.165) is 15.0 Å². The van der Waals surface area contributed by atoms with Crippen LogP contribution in [0.5, 0.6) is 5.75 Å². The van der Waals surface area contributed by atoms with E-state index in [-0.39, 0.29) is 5.75 Å². The Balaban J connectivity index is 2.63. The number of thiophene rings is 1. The third kappa shape index (κ3) is 1.61. The molecule has 2 N–H and O–H groups in total. The number of aliphatic hydroxyl groups is 1. The summed E-state index contributed by atoms with van der Waals surface area (Å²) >= 11 is 1.51. The van der Waals surface area contributed by atoms with Crippen LogP contribution in [0.2, 0.25) is 0 Å². The van der Waals surface area contributed by atoms with Crippen LogP contribution in [0.3, 0.4) is 0 Å². The van der Waals surface area contributed by atoms with Gasteiger partial charge in [-0.1, -0.05) is 0 Å². The van der Waals surface area contributed by atoms with Crippen LogP contribution < -0.4 is 0 Å². The highest BCUT2D eigenvalue weighted by molar-refractivity contribution is 7.19. The molecule has 0 aliphatic rings. The predicted molar refractivity (Wildman–Crippen MR) is 58.7 cm³/mol. The Morgan fingerprint density at radius 3 is 2.57 bits per heavy atom. The molecule has 0 saturated heterocycles. The highest BCUT2D eigenvalue weighted by atomic mass is 32.1. The summed E-state index contributed by atoms with van der Waals surface area (Å²) in [4.78, 5) is 0.915. The van der Waals surface area contributed by atoms with E-state index in [0.29, 0.717) is 0 Å². The van der Waals surface area contributed by atoms with Gasteiger partial charge in [0.15, 0.2) is 0 Å². The van der Waals surface area contributed by atoms with Crippen LogP contribution in [0.1, 0.15) is 18.7 Å². The molecule has 0 saturated carbocycles. The lowest BCUT2D eigenvalue weighted by Crippen LogP contribution is -2.12. The molecule has 2 aromatic rings. The lowest BCUT2D eigenvalue weighted by atomic mass is 10.1. The van der Waals surface area contributed by atoms with Crippen LogP contribution in [0.25, 0.3) is 10.1 Å². The fraction of sp³-hybridized carbons (Fsp3) is 0.273. The fourth-order valence-corrected chi connectivity index (χ4v) is 2.42. The SMILES string of the molecule is CC(C)(O)c1cc2ccc(O)cc2s1. The van der Waals surface area contributed by atoms with Crippen molar-refractivity contribution in [2.45, 2.75) is 19.4 Å². The van der Waals surface area contributed by atoms with Gasteiger partial charge in [-0.05, 0) is 43.5 Å². The molecule has 1 heterocycles. The van der Waals surface area contributed by atoms with E-state index >= 15 is 0 Å². The molecule has 0 bridgehead atoms. The van der Waals surface area contributed by atoms with Gasteiger partial charge in [0, 0.05) is 9.58 Å². The molecule has 3 heteroatoms. The summed E-state index contributed by atoms with van der Waals surface area (Å²) in [6, 6.07) is 7.19. The molecule has 0 radical (unpaired) electrons. The number of rotatable bonds is 1. The van der Waals surface area contributed by atoms with Crippen LogP contribution in [-0.2, 0) is 5.60 Å². The number of aromatic hydroxyl groups is 1. The van der Waals surface area contributed by atoms with E-state index in [4.69, 9.17) is 0 Å². The van der Waals surface area contributed by atoms with Crippen LogP contribution in [0.4, 0.5) is 0 Å². The molecule has 0 aliphatic carbocycles. The van der Waals surface area contributed by atoms with E-state index in [1.165, 1.54) is 11.3 Å². The van der Waals surface area contributed by atoms with Crippen molar-refractivity contribution in [2.24, 2.45) is 0 Å². The third-order valence-electron chi connectivity index (χ3n) is 2.11. The quantitative estimate of drug-likeness (QED) is 0.756. The zero-order valence-corrected chi connectivity index (χ0v) is 8.93. The average Bonchev–Trinajstić information content (AvgIpc) is 2.45. The Kier molecular flexibility index (Phi) is 2.01. The van der Waals surface area contributed by atoms with Gasteiger partial charge < -0.3 is 10.2 Å². The average molecular weight is 208 g/mol. The molecule has 0 atom stereocenters. The van der Waals surface area contributed by atoms with E-state index in [9.17, 15) is 10.2 Å². The Morgan fingerprint density at radius 2 is 1.93 bits per heavy atom. The highest BCUT2D eigenvalue weighted by Crippen LogP contribution is 2.34. The number of fused-ring (bicyclic) bond motifs is 1. The summed E-state index contributed by atoms with van der Waals surface area (Å²) in [6.45, 7) is 3.52. The lowest BCUT2D eigenvalue weighted by molar-refractivity contribution is 0.0826. The van der Waals surface area contributed by atoms with Crippen LogP contribution in [0.15, 0.2) is 24.3 Å². The van der Waals surface area contributed by atoms with Crippen molar-refractivity contribution in [3.63, 3.8) is 0 Å². The number of benzene rings is 1. The van der Waals surface area contributed by atoms with Crippen LogP contribution in [0, 0.1) is 0 Å². The molecule has 2 rings (SSSR count). The number of hydrogen-bond acceptors (Lipinski definition) is 3. The summed E-state index contributed by atoms with van der Waals surface area (Å²) in [7, 11) is 0. The van der Waals surface area contributed by atoms with Crippen molar-refractivity contribution >= 4 is 21.4 Å². The minimum Gasteiger partial charge on any atom is -0.508 e. The second-order valence-corrected chi connectivity index (χ2v) is 4.98. The van der Waals surface area contributed by atoms with Crippen LogP contribution in [-0.4, -0.2) is 10.2 Å². The zero-order chi connectivity index (χ0) is 10.3. The van der Waals surface area contributed by atoms with Crippen molar-refractivity contribution in [3.8, 4) is 5.75 Å². The van der Waals surface area contributed by atoms with Gasteiger partial charge in [0.05, 0.1) is 5.60 Å². The molecule has 74 valence electrons. The van der Waals surface area contributed by atoms with Crippen molar-refractivity contribution < 1.29 is 10.2 Å². The maximum atomic E-state index is 9.81. The molecule has 1 aromatic heterocycles. The van der Waals surface area contributed by atoms with Gasteiger partial charge in [-0.15, -0.1) is 11.3 Å². The summed E-state index contributed by atoms with van der Waals surface area (Å²) in [6.07, 6.45) is 0. The lowest BCUT2D eigenvalue weighted by Gasteiger charge is -2.13. The minimum atomic E-state index is -0.806. The second kappa shape index (κ2) is 2.97. The van der Waals surface area contributed by atoms with Gasteiger partial charge in [-0.25, -0.2) is 0 Å². The van der Waals surface area contributed by atoms with Gasteiger partial charge in [0.1, 0.15) is 5.75 Å². The number of hydrogen-bond donors (Lipinski definition) is 2. The zero-order valence-electron chi connectivity index (χ0n) is 8.11. The van der Waals surface area contributed by atoms with Crippen molar-refractivity contribution in [2.75, 3.05) is 0 Å². The number of phenols is 1. The first-order valence-electron chi connectivity index (χ1n) is 4.42. The third-order valence-corrected chi connectivity index (χ3v) is 3.52. The van der Waals surface area contributed by atoms with Gasteiger partial charge in [-0.3, -0.25) is 0 Å². The smallest absolute Gasteiger partial charge is 0.117 e. The van der Waals surface area contributed by atoms with E-state index in [2.05, 4.69) is 0 Å². The topological polar surface area (TPSA) is 40.5 Å². The second-order valence-electron chi connectivity index (χ2n) is 3.89. The van der Waals surface area contributed by atoms with Crippen LogP contribution >= 0.6 is 11.3 Å². The predicted octanol–water partition coefficient (Wildman–Crippen LogP) is 2.83. The Morgan fingerprint density at radius 1 is 1.21 bits per heavy atom. The van der Waals surface area contributed by atoms with Gasteiger partial charge in [0.25, 0.3) is 0 Å². The Hall–Kier alpha value is -1.06. The Bertz CT molecular complexity index is 466. The maximum absolute atomic E-state index is 9.81. The van der Waals surface area contributed by atoms with Crippen molar-refractivity contribution in [1.82, 2.24) is 0 Å². The standard InChI is InChI=1S/C11H12O2S/c1-11(2,13)10-5-7-3-4-8(12)6-9(7)14-10/h3-6,12-13H,1-2H3.